The Hall–Kier alpha value is -2.10. The van der Waals surface area contributed by atoms with E-state index in [1.807, 2.05) is 42.5 Å². The van der Waals surface area contributed by atoms with Crippen LogP contribution in [-0.2, 0) is 13.1 Å². The smallest absolute Gasteiger partial charge is 0.147 e. The number of nitrogens with zero attached hydrogens (tertiary/aromatic N) is 3. The fraction of sp³-hybridized carbons (Fsp3) is 0.111. The van der Waals surface area contributed by atoms with Crippen molar-refractivity contribution < 1.29 is 0 Å². The SMILES string of the molecule is Cl.Clc1ccccc1CN(Cc1ccccc1)c1cnccn1. The van der Waals surface area contributed by atoms with Crippen LogP contribution in [0.4, 0.5) is 5.82 Å². The van der Waals surface area contributed by atoms with E-state index in [-0.39, 0.29) is 12.4 Å². The van der Waals surface area contributed by atoms with Gasteiger partial charge in [0.05, 0.1) is 6.20 Å². The minimum Gasteiger partial charge on any atom is -0.347 e. The van der Waals surface area contributed by atoms with E-state index >= 15 is 0 Å². The van der Waals surface area contributed by atoms with Crippen molar-refractivity contribution in [1.82, 2.24) is 9.97 Å². The van der Waals surface area contributed by atoms with Gasteiger partial charge < -0.3 is 4.90 Å². The Morgan fingerprint density at radius 3 is 2.30 bits per heavy atom. The van der Waals surface area contributed by atoms with Gasteiger partial charge in [-0.25, -0.2) is 4.98 Å². The lowest BCUT2D eigenvalue weighted by Crippen LogP contribution is -2.23. The highest BCUT2D eigenvalue weighted by Crippen LogP contribution is 2.21. The van der Waals surface area contributed by atoms with Gasteiger partial charge in [-0.3, -0.25) is 4.98 Å². The molecule has 2 aromatic carbocycles. The van der Waals surface area contributed by atoms with Crippen molar-refractivity contribution in [3.05, 3.63) is 89.3 Å². The Labute approximate surface area is 147 Å². The predicted molar refractivity (Wildman–Crippen MR) is 97.1 cm³/mol. The van der Waals surface area contributed by atoms with Crippen LogP contribution < -0.4 is 4.90 Å². The van der Waals surface area contributed by atoms with Crippen molar-refractivity contribution in [2.45, 2.75) is 13.1 Å². The molecule has 118 valence electrons. The molecule has 3 nitrogen and oxygen atoms in total. The summed E-state index contributed by atoms with van der Waals surface area (Å²) in [5.74, 6) is 0.839. The van der Waals surface area contributed by atoms with Gasteiger partial charge >= 0.3 is 0 Å². The molecule has 3 aromatic rings. The van der Waals surface area contributed by atoms with Gasteiger partial charge in [0.15, 0.2) is 0 Å². The maximum Gasteiger partial charge on any atom is 0.147 e. The highest BCUT2D eigenvalue weighted by atomic mass is 35.5. The highest BCUT2D eigenvalue weighted by molar-refractivity contribution is 6.31. The van der Waals surface area contributed by atoms with Crippen LogP contribution in [0, 0.1) is 0 Å². The molecule has 0 unspecified atom stereocenters. The lowest BCUT2D eigenvalue weighted by Gasteiger charge is -2.24. The first-order valence-electron chi connectivity index (χ1n) is 7.11. The maximum absolute atomic E-state index is 6.30. The number of hydrogen-bond donors (Lipinski definition) is 0. The Balaban J connectivity index is 0.00000192. The lowest BCUT2D eigenvalue weighted by molar-refractivity contribution is 0.779. The number of benzene rings is 2. The summed E-state index contributed by atoms with van der Waals surface area (Å²) in [5.41, 5.74) is 2.30. The number of aromatic nitrogens is 2. The van der Waals surface area contributed by atoms with Crippen LogP contribution in [0.5, 0.6) is 0 Å². The molecular formula is C18H17Cl2N3. The van der Waals surface area contributed by atoms with Gasteiger partial charge in [-0.1, -0.05) is 60.1 Å². The van der Waals surface area contributed by atoms with Crippen LogP contribution in [0.15, 0.2) is 73.2 Å². The van der Waals surface area contributed by atoms with Gasteiger partial charge in [0.1, 0.15) is 5.82 Å². The first-order valence-corrected chi connectivity index (χ1v) is 7.49. The van der Waals surface area contributed by atoms with Gasteiger partial charge in [0.2, 0.25) is 0 Å². The molecule has 5 heteroatoms. The summed E-state index contributed by atoms with van der Waals surface area (Å²) in [6.45, 7) is 1.44. The molecule has 0 bridgehead atoms. The summed E-state index contributed by atoms with van der Waals surface area (Å²) < 4.78 is 0. The van der Waals surface area contributed by atoms with Crippen LogP contribution in [0.1, 0.15) is 11.1 Å². The average molecular weight is 346 g/mol. The standard InChI is InChI=1S/C18H16ClN3.ClH/c19-17-9-5-4-8-16(17)14-22(18-12-20-10-11-21-18)13-15-6-2-1-3-7-15;/h1-12H,13-14H2;1H. The number of anilines is 1. The Morgan fingerprint density at radius 2 is 1.61 bits per heavy atom. The molecule has 0 amide bonds. The van der Waals surface area contributed by atoms with Crippen molar-refractivity contribution in [3.63, 3.8) is 0 Å². The monoisotopic (exact) mass is 345 g/mol. The molecule has 23 heavy (non-hydrogen) atoms. The topological polar surface area (TPSA) is 29.0 Å². The van der Waals surface area contributed by atoms with E-state index in [1.165, 1.54) is 5.56 Å². The molecule has 0 fully saturated rings. The normalized spacial score (nSPS) is 9.96. The molecule has 0 saturated carbocycles. The van der Waals surface area contributed by atoms with E-state index in [4.69, 9.17) is 11.6 Å². The van der Waals surface area contributed by atoms with Crippen molar-refractivity contribution >= 4 is 29.8 Å². The third-order valence-electron chi connectivity index (χ3n) is 3.41. The van der Waals surface area contributed by atoms with E-state index in [0.29, 0.717) is 6.54 Å². The van der Waals surface area contributed by atoms with E-state index in [1.54, 1.807) is 18.6 Å². The molecule has 1 heterocycles. The lowest BCUT2D eigenvalue weighted by atomic mass is 10.1. The third-order valence-corrected chi connectivity index (χ3v) is 3.78. The Bertz CT molecular complexity index is 721. The summed E-state index contributed by atoms with van der Waals surface area (Å²) in [6, 6.07) is 18.2. The van der Waals surface area contributed by atoms with Crippen LogP contribution >= 0.6 is 24.0 Å². The largest absolute Gasteiger partial charge is 0.347 e. The second-order valence-corrected chi connectivity index (χ2v) is 5.40. The summed E-state index contributed by atoms with van der Waals surface area (Å²) >= 11 is 6.30. The Kier molecular flexibility index (Phi) is 6.39. The van der Waals surface area contributed by atoms with Crippen molar-refractivity contribution in [1.29, 1.82) is 0 Å². The maximum atomic E-state index is 6.30. The highest BCUT2D eigenvalue weighted by Gasteiger charge is 2.11. The van der Waals surface area contributed by atoms with Crippen molar-refractivity contribution in [3.8, 4) is 0 Å². The average Bonchev–Trinajstić information content (AvgIpc) is 2.58. The van der Waals surface area contributed by atoms with Gasteiger partial charge in [-0.2, -0.15) is 0 Å². The molecule has 0 saturated heterocycles. The van der Waals surface area contributed by atoms with E-state index < -0.39 is 0 Å². The molecule has 0 aliphatic heterocycles. The third kappa shape index (κ3) is 4.68. The minimum atomic E-state index is 0. The molecule has 0 N–H and O–H groups in total. The van der Waals surface area contributed by atoms with Gasteiger partial charge in [0.25, 0.3) is 0 Å². The summed E-state index contributed by atoms with van der Waals surface area (Å²) in [6.07, 6.45) is 5.17. The molecule has 3 rings (SSSR count). The van der Waals surface area contributed by atoms with Gasteiger partial charge in [-0.05, 0) is 17.2 Å². The first kappa shape index (κ1) is 17.3. The number of halogens is 2. The molecule has 0 spiro atoms. The fourth-order valence-corrected chi connectivity index (χ4v) is 2.50. The number of hydrogen-bond acceptors (Lipinski definition) is 3. The quantitative estimate of drug-likeness (QED) is 0.667. The molecule has 0 atom stereocenters. The Morgan fingerprint density at radius 1 is 0.870 bits per heavy atom. The van der Waals surface area contributed by atoms with E-state index in [9.17, 15) is 0 Å². The zero-order valence-corrected chi connectivity index (χ0v) is 14.0. The molecule has 0 aliphatic carbocycles. The minimum absolute atomic E-state index is 0. The van der Waals surface area contributed by atoms with Crippen molar-refractivity contribution in [2.24, 2.45) is 0 Å². The number of rotatable bonds is 5. The van der Waals surface area contributed by atoms with Crippen LogP contribution in [-0.4, -0.2) is 9.97 Å². The first-order chi connectivity index (χ1) is 10.8. The molecular weight excluding hydrogens is 329 g/mol. The summed E-state index contributed by atoms with van der Waals surface area (Å²) in [4.78, 5) is 10.8. The molecule has 0 aliphatic rings. The van der Waals surface area contributed by atoms with Crippen molar-refractivity contribution in [2.75, 3.05) is 4.90 Å². The summed E-state index contributed by atoms with van der Waals surface area (Å²) in [5, 5.41) is 0.768. The van der Waals surface area contributed by atoms with Gasteiger partial charge in [0, 0.05) is 30.5 Å². The van der Waals surface area contributed by atoms with Crippen LogP contribution in [0.2, 0.25) is 5.02 Å². The second kappa shape index (κ2) is 8.51. The van der Waals surface area contributed by atoms with Gasteiger partial charge in [-0.15, -0.1) is 12.4 Å². The van der Waals surface area contributed by atoms with Crippen LogP contribution in [0.3, 0.4) is 0 Å². The van der Waals surface area contributed by atoms with E-state index in [0.717, 1.165) is 22.9 Å². The predicted octanol–water partition coefficient (Wildman–Crippen LogP) is 4.76. The summed E-state index contributed by atoms with van der Waals surface area (Å²) in [7, 11) is 0. The molecule has 0 radical (unpaired) electrons. The second-order valence-electron chi connectivity index (χ2n) is 5.00. The fourth-order valence-electron chi connectivity index (χ4n) is 2.31. The zero-order valence-electron chi connectivity index (χ0n) is 12.5. The van der Waals surface area contributed by atoms with Crippen LogP contribution in [0.25, 0.3) is 0 Å². The molecule has 1 aromatic heterocycles. The zero-order chi connectivity index (χ0) is 15.2. The van der Waals surface area contributed by atoms with E-state index in [2.05, 4.69) is 27.0 Å².